The number of thiazole rings is 1. The number of nitrogens with zero attached hydrogens (tertiary/aromatic N) is 1. The first kappa shape index (κ1) is 13.4. The zero-order chi connectivity index (χ0) is 13.4. The van der Waals surface area contributed by atoms with Gasteiger partial charge in [0.1, 0.15) is 5.01 Å². The first-order valence-electron chi connectivity index (χ1n) is 6.27. The predicted octanol–water partition coefficient (Wildman–Crippen LogP) is 4.60. The van der Waals surface area contributed by atoms with E-state index in [9.17, 15) is 0 Å². The van der Waals surface area contributed by atoms with Gasteiger partial charge in [0.05, 0.1) is 6.04 Å². The molecule has 0 aliphatic heterocycles. The summed E-state index contributed by atoms with van der Waals surface area (Å²) in [6.07, 6.45) is 2.42. The minimum Gasteiger partial charge on any atom is -0.301 e. The summed E-state index contributed by atoms with van der Waals surface area (Å²) >= 11 is 14.3. The zero-order valence-corrected chi connectivity index (χ0v) is 12.8. The summed E-state index contributed by atoms with van der Waals surface area (Å²) < 4.78 is 0. The number of nitrogens with one attached hydrogen (secondary N) is 1. The molecule has 1 aromatic heterocycles. The number of halogens is 2. The monoisotopic (exact) mass is 312 g/mol. The van der Waals surface area contributed by atoms with Gasteiger partial charge < -0.3 is 5.32 Å². The molecular weight excluding hydrogens is 299 g/mol. The molecule has 1 N–H and O–H groups in total. The van der Waals surface area contributed by atoms with Crippen molar-refractivity contribution in [2.75, 3.05) is 0 Å². The van der Waals surface area contributed by atoms with E-state index >= 15 is 0 Å². The average Bonchev–Trinajstić information content (AvgIpc) is 3.08. The van der Waals surface area contributed by atoms with Gasteiger partial charge in [-0.25, -0.2) is 4.98 Å². The molecule has 2 nitrogen and oxygen atoms in total. The summed E-state index contributed by atoms with van der Waals surface area (Å²) in [6, 6.07) is 6.18. The van der Waals surface area contributed by atoms with E-state index in [-0.39, 0.29) is 6.04 Å². The average molecular weight is 313 g/mol. The fourth-order valence-electron chi connectivity index (χ4n) is 2.06. The van der Waals surface area contributed by atoms with Crippen molar-refractivity contribution in [1.29, 1.82) is 0 Å². The molecule has 1 saturated carbocycles. The van der Waals surface area contributed by atoms with Gasteiger partial charge in [-0.2, -0.15) is 0 Å². The Kier molecular flexibility index (Phi) is 3.81. The number of hydrogen-bond donors (Lipinski definition) is 1. The van der Waals surface area contributed by atoms with Crippen molar-refractivity contribution in [1.82, 2.24) is 10.3 Å². The summed E-state index contributed by atoms with van der Waals surface area (Å²) in [5, 5.41) is 8.07. The molecule has 0 spiro atoms. The van der Waals surface area contributed by atoms with E-state index in [4.69, 9.17) is 23.2 Å². The molecule has 2 aromatic rings. The van der Waals surface area contributed by atoms with Crippen LogP contribution in [0.1, 0.15) is 35.1 Å². The van der Waals surface area contributed by atoms with E-state index in [1.165, 1.54) is 12.8 Å². The fraction of sp³-hybridized carbons (Fsp3) is 0.357. The first-order chi connectivity index (χ1) is 9.15. The van der Waals surface area contributed by atoms with E-state index in [1.807, 2.05) is 25.1 Å². The second-order valence-corrected chi connectivity index (χ2v) is 6.54. The molecule has 0 bridgehead atoms. The molecule has 19 heavy (non-hydrogen) atoms. The molecule has 1 heterocycles. The topological polar surface area (TPSA) is 24.9 Å². The van der Waals surface area contributed by atoms with Crippen LogP contribution < -0.4 is 5.32 Å². The molecule has 0 saturated heterocycles. The standard InChI is InChI=1S/C14H14Cl2N2S/c1-8-7-19-14(17-8)13(18-9-5-6-9)12-10(15)3-2-4-11(12)16/h2-4,7,9,13,18H,5-6H2,1H3. The summed E-state index contributed by atoms with van der Waals surface area (Å²) in [5.74, 6) is 0. The largest absolute Gasteiger partial charge is 0.301 e. The Labute approximate surface area is 126 Å². The highest BCUT2D eigenvalue weighted by Crippen LogP contribution is 2.37. The maximum Gasteiger partial charge on any atom is 0.114 e. The van der Waals surface area contributed by atoms with Gasteiger partial charge in [0, 0.05) is 32.7 Å². The lowest BCUT2D eigenvalue weighted by Gasteiger charge is -2.19. The molecule has 1 aromatic carbocycles. The highest BCUT2D eigenvalue weighted by atomic mass is 35.5. The Morgan fingerprint density at radius 1 is 1.32 bits per heavy atom. The molecule has 5 heteroatoms. The van der Waals surface area contributed by atoms with E-state index in [2.05, 4.69) is 15.7 Å². The quantitative estimate of drug-likeness (QED) is 0.892. The van der Waals surface area contributed by atoms with Gasteiger partial charge in [-0.15, -0.1) is 11.3 Å². The zero-order valence-electron chi connectivity index (χ0n) is 10.5. The van der Waals surface area contributed by atoms with Gasteiger partial charge >= 0.3 is 0 Å². The molecule has 1 fully saturated rings. The van der Waals surface area contributed by atoms with Crippen molar-refractivity contribution < 1.29 is 0 Å². The lowest BCUT2D eigenvalue weighted by Crippen LogP contribution is -2.25. The number of rotatable bonds is 4. The van der Waals surface area contributed by atoms with E-state index in [0.29, 0.717) is 16.1 Å². The Hall–Kier alpha value is -0.610. The summed E-state index contributed by atoms with van der Waals surface area (Å²) in [5.41, 5.74) is 1.97. The number of hydrogen-bond acceptors (Lipinski definition) is 3. The van der Waals surface area contributed by atoms with Gasteiger partial charge in [-0.1, -0.05) is 29.3 Å². The summed E-state index contributed by atoms with van der Waals surface area (Å²) in [4.78, 5) is 4.59. The van der Waals surface area contributed by atoms with Crippen LogP contribution in [0.25, 0.3) is 0 Å². The van der Waals surface area contributed by atoms with Gasteiger partial charge in [-0.3, -0.25) is 0 Å². The molecule has 100 valence electrons. The molecule has 1 atom stereocenters. The lowest BCUT2D eigenvalue weighted by atomic mass is 10.1. The predicted molar refractivity (Wildman–Crippen MR) is 81.3 cm³/mol. The van der Waals surface area contributed by atoms with Crippen LogP contribution in [0.3, 0.4) is 0 Å². The highest BCUT2D eigenvalue weighted by Gasteiger charge is 2.30. The number of aryl methyl sites for hydroxylation is 1. The van der Waals surface area contributed by atoms with Crippen molar-refractivity contribution in [3.8, 4) is 0 Å². The second-order valence-electron chi connectivity index (χ2n) is 4.84. The van der Waals surface area contributed by atoms with Crippen LogP contribution in [0.15, 0.2) is 23.6 Å². The Balaban J connectivity index is 2.02. The van der Waals surface area contributed by atoms with E-state index in [0.717, 1.165) is 16.3 Å². The van der Waals surface area contributed by atoms with Crippen LogP contribution in [-0.4, -0.2) is 11.0 Å². The van der Waals surface area contributed by atoms with Crippen molar-refractivity contribution in [2.45, 2.75) is 31.8 Å². The fourth-order valence-corrected chi connectivity index (χ4v) is 3.53. The maximum absolute atomic E-state index is 6.34. The molecule has 1 aliphatic rings. The first-order valence-corrected chi connectivity index (χ1v) is 7.90. The number of aromatic nitrogens is 1. The highest BCUT2D eigenvalue weighted by molar-refractivity contribution is 7.09. The minimum absolute atomic E-state index is 0.00704. The molecule has 0 amide bonds. The Bertz CT molecular complexity index is 573. The normalized spacial score (nSPS) is 16.6. The summed E-state index contributed by atoms with van der Waals surface area (Å²) in [6.45, 7) is 2.00. The number of benzene rings is 1. The van der Waals surface area contributed by atoms with Crippen LogP contribution in [0.2, 0.25) is 10.0 Å². The van der Waals surface area contributed by atoms with Gasteiger partial charge in [0.2, 0.25) is 0 Å². The van der Waals surface area contributed by atoms with Crippen molar-refractivity contribution in [3.63, 3.8) is 0 Å². The molecule has 1 aliphatic carbocycles. The van der Waals surface area contributed by atoms with Crippen LogP contribution in [0, 0.1) is 6.92 Å². The molecule has 1 unspecified atom stereocenters. The second kappa shape index (κ2) is 5.41. The summed E-state index contributed by atoms with van der Waals surface area (Å²) in [7, 11) is 0. The molecular formula is C14H14Cl2N2S. The minimum atomic E-state index is -0.00704. The third kappa shape index (κ3) is 2.95. The van der Waals surface area contributed by atoms with Crippen LogP contribution in [0.4, 0.5) is 0 Å². The smallest absolute Gasteiger partial charge is 0.114 e. The maximum atomic E-state index is 6.34. The van der Waals surface area contributed by atoms with Crippen LogP contribution >= 0.6 is 34.5 Å². The van der Waals surface area contributed by atoms with Crippen LogP contribution in [-0.2, 0) is 0 Å². The Morgan fingerprint density at radius 2 is 2.00 bits per heavy atom. The van der Waals surface area contributed by atoms with E-state index in [1.54, 1.807) is 11.3 Å². The molecule has 3 rings (SSSR count). The van der Waals surface area contributed by atoms with Crippen LogP contribution in [0.5, 0.6) is 0 Å². The SMILES string of the molecule is Cc1csc(C(NC2CC2)c2c(Cl)cccc2Cl)n1. The lowest BCUT2D eigenvalue weighted by molar-refractivity contribution is 0.597. The van der Waals surface area contributed by atoms with Crippen molar-refractivity contribution in [2.24, 2.45) is 0 Å². The third-order valence-electron chi connectivity index (χ3n) is 3.15. The third-order valence-corrected chi connectivity index (χ3v) is 4.84. The Morgan fingerprint density at radius 3 is 2.53 bits per heavy atom. The van der Waals surface area contributed by atoms with Gasteiger partial charge in [0.25, 0.3) is 0 Å². The van der Waals surface area contributed by atoms with Crippen molar-refractivity contribution in [3.05, 3.63) is 49.9 Å². The molecule has 0 radical (unpaired) electrons. The van der Waals surface area contributed by atoms with E-state index < -0.39 is 0 Å². The van der Waals surface area contributed by atoms with Crippen molar-refractivity contribution >= 4 is 34.5 Å². The van der Waals surface area contributed by atoms with Gasteiger partial charge in [0.15, 0.2) is 0 Å². The van der Waals surface area contributed by atoms with Gasteiger partial charge in [-0.05, 0) is 31.9 Å².